The number of carbonyl (C=O) groups excluding carboxylic acids is 2. The van der Waals surface area contributed by atoms with Crippen molar-refractivity contribution in [1.82, 2.24) is 4.90 Å². The summed E-state index contributed by atoms with van der Waals surface area (Å²) in [5.41, 5.74) is 3.06. The molecular formula is C20H20Cl2N2O2. The Hall–Kier alpha value is -2.04. The fraction of sp³-hybridized carbons (Fsp3) is 0.300. The van der Waals surface area contributed by atoms with Gasteiger partial charge in [-0.05, 0) is 35.7 Å². The molecule has 0 saturated carbocycles. The second kappa shape index (κ2) is 8.11. The van der Waals surface area contributed by atoms with Gasteiger partial charge in [0.25, 0.3) is 0 Å². The van der Waals surface area contributed by atoms with E-state index < -0.39 is 0 Å². The van der Waals surface area contributed by atoms with Crippen LogP contribution in [0, 0.1) is 0 Å². The fourth-order valence-electron chi connectivity index (χ4n) is 3.22. The third kappa shape index (κ3) is 4.19. The van der Waals surface area contributed by atoms with E-state index >= 15 is 0 Å². The molecule has 0 aliphatic carbocycles. The minimum absolute atomic E-state index is 0.0378. The zero-order valence-corrected chi connectivity index (χ0v) is 16.1. The highest BCUT2D eigenvalue weighted by molar-refractivity contribution is 6.36. The monoisotopic (exact) mass is 390 g/mol. The van der Waals surface area contributed by atoms with E-state index in [1.165, 1.54) is 23.0 Å². The van der Waals surface area contributed by atoms with Crippen LogP contribution in [0.15, 0.2) is 42.5 Å². The molecule has 136 valence electrons. The second-order valence-electron chi connectivity index (χ2n) is 6.35. The lowest BCUT2D eigenvalue weighted by Crippen LogP contribution is -2.39. The average molecular weight is 391 g/mol. The quantitative estimate of drug-likeness (QED) is 0.779. The topological polar surface area (TPSA) is 40.6 Å². The molecule has 0 bridgehead atoms. The lowest BCUT2D eigenvalue weighted by molar-refractivity contribution is -0.131. The van der Waals surface area contributed by atoms with Gasteiger partial charge in [-0.15, -0.1) is 0 Å². The number of hydrogen-bond donors (Lipinski definition) is 0. The SMILES string of the molecule is CC(=O)N(CCC(=O)N1CCc2ccccc2C1)c1ccc(Cl)cc1Cl. The van der Waals surface area contributed by atoms with Gasteiger partial charge >= 0.3 is 0 Å². The van der Waals surface area contributed by atoms with Crippen molar-refractivity contribution in [3.63, 3.8) is 0 Å². The van der Waals surface area contributed by atoms with Crippen molar-refractivity contribution in [3.8, 4) is 0 Å². The lowest BCUT2D eigenvalue weighted by atomic mass is 10.00. The molecule has 1 aliphatic rings. The number of anilines is 1. The number of carbonyl (C=O) groups is 2. The van der Waals surface area contributed by atoms with E-state index in [1.54, 1.807) is 18.2 Å². The summed E-state index contributed by atoms with van der Waals surface area (Å²) in [7, 11) is 0. The van der Waals surface area contributed by atoms with Crippen molar-refractivity contribution in [2.75, 3.05) is 18.0 Å². The molecule has 1 heterocycles. The summed E-state index contributed by atoms with van der Waals surface area (Å²) in [5.74, 6) is -0.123. The molecule has 0 spiro atoms. The van der Waals surface area contributed by atoms with Crippen LogP contribution in [0.5, 0.6) is 0 Å². The van der Waals surface area contributed by atoms with Gasteiger partial charge in [-0.25, -0.2) is 0 Å². The highest BCUT2D eigenvalue weighted by atomic mass is 35.5. The zero-order valence-electron chi connectivity index (χ0n) is 14.5. The number of fused-ring (bicyclic) bond motifs is 1. The maximum Gasteiger partial charge on any atom is 0.224 e. The zero-order chi connectivity index (χ0) is 18.7. The molecule has 3 rings (SSSR count). The van der Waals surface area contributed by atoms with Gasteiger partial charge in [0.05, 0.1) is 10.7 Å². The molecule has 6 heteroatoms. The van der Waals surface area contributed by atoms with Gasteiger partial charge in [-0.3, -0.25) is 9.59 Å². The number of benzene rings is 2. The first-order valence-corrected chi connectivity index (χ1v) is 9.29. The molecule has 0 aromatic heterocycles. The van der Waals surface area contributed by atoms with Gasteiger partial charge in [-0.1, -0.05) is 47.5 Å². The van der Waals surface area contributed by atoms with Crippen LogP contribution < -0.4 is 4.90 Å². The molecule has 26 heavy (non-hydrogen) atoms. The van der Waals surface area contributed by atoms with Crippen molar-refractivity contribution in [2.45, 2.75) is 26.3 Å². The Bertz CT molecular complexity index is 838. The molecular weight excluding hydrogens is 371 g/mol. The first-order chi connectivity index (χ1) is 12.5. The Morgan fingerprint density at radius 1 is 1.12 bits per heavy atom. The molecule has 0 unspecified atom stereocenters. The van der Waals surface area contributed by atoms with Crippen LogP contribution in [-0.2, 0) is 22.6 Å². The van der Waals surface area contributed by atoms with Crippen molar-refractivity contribution in [3.05, 3.63) is 63.6 Å². The lowest BCUT2D eigenvalue weighted by Gasteiger charge is -2.30. The van der Waals surface area contributed by atoms with E-state index in [4.69, 9.17) is 23.2 Å². The van der Waals surface area contributed by atoms with Gasteiger partial charge in [0.1, 0.15) is 0 Å². The van der Waals surface area contributed by atoms with Crippen molar-refractivity contribution in [1.29, 1.82) is 0 Å². The normalized spacial score (nSPS) is 13.3. The van der Waals surface area contributed by atoms with Crippen molar-refractivity contribution < 1.29 is 9.59 Å². The number of halogens is 2. The van der Waals surface area contributed by atoms with Crippen LogP contribution in [0.2, 0.25) is 10.0 Å². The van der Waals surface area contributed by atoms with Gasteiger partial charge in [0.15, 0.2) is 0 Å². The van der Waals surface area contributed by atoms with Gasteiger partial charge in [0, 0.05) is 38.0 Å². The third-order valence-electron chi connectivity index (χ3n) is 4.61. The van der Waals surface area contributed by atoms with Gasteiger partial charge in [0.2, 0.25) is 11.8 Å². The molecule has 2 amide bonds. The highest BCUT2D eigenvalue weighted by Gasteiger charge is 2.22. The van der Waals surface area contributed by atoms with Crippen LogP contribution in [0.4, 0.5) is 5.69 Å². The Kier molecular flexibility index (Phi) is 5.84. The van der Waals surface area contributed by atoms with Crippen molar-refractivity contribution in [2.24, 2.45) is 0 Å². The smallest absolute Gasteiger partial charge is 0.224 e. The van der Waals surface area contributed by atoms with Crippen LogP contribution in [0.25, 0.3) is 0 Å². The number of rotatable bonds is 4. The largest absolute Gasteiger partial charge is 0.338 e. The van der Waals surface area contributed by atoms with Crippen LogP contribution in [0.1, 0.15) is 24.5 Å². The molecule has 1 aliphatic heterocycles. The summed E-state index contributed by atoms with van der Waals surface area (Å²) < 4.78 is 0. The van der Waals surface area contributed by atoms with Gasteiger partial charge < -0.3 is 9.80 Å². The van der Waals surface area contributed by atoms with Crippen LogP contribution >= 0.6 is 23.2 Å². The third-order valence-corrected chi connectivity index (χ3v) is 5.15. The van der Waals surface area contributed by atoms with Gasteiger partial charge in [-0.2, -0.15) is 0 Å². The summed E-state index contributed by atoms with van der Waals surface area (Å²) in [5, 5.41) is 0.900. The standard InChI is InChI=1S/C20H20Cl2N2O2/c1-14(25)24(19-7-6-17(21)12-18(19)22)11-9-20(26)23-10-8-15-4-2-3-5-16(15)13-23/h2-7,12H,8-11,13H2,1H3. The molecule has 2 aromatic rings. The molecule has 0 radical (unpaired) electrons. The van der Waals surface area contributed by atoms with E-state index in [0.29, 0.717) is 28.8 Å². The summed E-state index contributed by atoms with van der Waals surface area (Å²) in [6.45, 7) is 3.08. The predicted octanol–water partition coefficient (Wildman–Crippen LogP) is 4.32. The maximum atomic E-state index is 12.6. The molecule has 4 nitrogen and oxygen atoms in total. The summed E-state index contributed by atoms with van der Waals surface area (Å²) >= 11 is 12.1. The molecule has 0 N–H and O–H groups in total. The Balaban J connectivity index is 1.66. The fourth-order valence-corrected chi connectivity index (χ4v) is 3.73. The Labute approximate surface area is 163 Å². The van der Waals surface area contributed by atoms with E-state index in [1.807, 2.05) is 17.0 Å². The summed E-state index contributed by atoms with van der Waals surface area (Å²) in [6, 6.07) is 13.2. The Morgan fingerprint density at radius 3 is 2.54 bits per heavy atom. The first-order valence-electron chi connectivity index (χ1n) is 8.53. The van der Waals surface area contributed by atoms with E-state index in [2.05, 4.69) is 12.1 Å². The highest BCUT2D eigenvalue weighted by Crippen LogP contribution is 2.29. The average Bonchev–Trinajstić information content (AvgIpc) is 2.62. The minimum Gasteiger partial charge on any atom is -0.338 e. The molecule has 2 aromatic carbocycles. The molecule has 0 atom stereocenters. The van der Waals surface area contributed by atoms with Crippen LogP contribution in [0.3, 0.4) is 0 Å². The number of hydrogen-bond acceptors (Lipinski definition) is 2. The van der Waals surface area contributed by atoms with Crippen LogP contribution in [-0.4, -0.2) is 29.8 Å². The van der Waals surface area contributed by atoms with Crippen molar-refractivity contribution >= 4 is 40.7 Å². The minimum atomic E-state index is -0.161. The van der Waals surface area contributed by atoms with E-state index in [0.717, 1.165) is 6.42 Å². The Morgan fingerprint density at radius 2 is 1.85 bits per heavy atom. The summed E-state index contributed by atoms with van der Waals surface area (Å²) in [4.78, 5) is 28.1. The second-order valence-corrected chi connectivity index (χ2v) is 7.19. The maximum absolute atomic E-state index is 12.6. The van der Waals surface area contributed by atoms with E-state index in [9.17, 15) is 9.59 Å². The summed E-state index contributed by atoms with van der Waals surface area (Å²) in [6.07, 6.45) is 1.11. The van der Waals surface area contributed by atoms with E-state index in [-0.39, 0.29) is 24.8 Å². The molecule has 0 saturated heterocycles. The molecule has 0 fully saturated rings. The predicted molar refractivity (Wildman–Crippen MR) is 105 cm³/mol. The first kappa shape index (κ1) is 18.7. The number of amides is 2. The number of nitrogens with zero attached hydrogens (tertiary/aromatic N) is 2.